The molecular weight excluding hydrogens is 205 g/mol. The Bertz CT molecular complexity index is 342. The van der Waals surface area contributed by atoms with E-state index in [2.05, 4.69) is 0 Å². The first-order valence-electron chi connectivity index (χ1n) is 5.47. The van der Waals surface area contributed by atoms with Gasteiger partial charge in [-0.15, -0.1) is 0 Å². The molecule has 0 amide bonds. The number of hydrogen-bond acceptors (Lipinski definition) is 2. The maximum absolute atomic E-state index is 12.9. The van der Waals surface area contributed by atoms with Gasteiger partial charge in [0.1, 0.15) is 5.82 Å². The number of hydrogen-bond donors (Lipinski definition) is 2. The second-order valence-electron chi connectivity index (χ2n) is 5.03. The summed E-state index contributed by atoms with van der Waals surface area (Å²) in [4.78, 5) is 0. The van der Waals surface area contributed by atoms with Crippen LogP contribution in [0.4, 0.5) is 4.39 Å². The van der Waals surface area contributed by atoms with Gasteiger partial charge >= 0.3 is 0 Å². The van der Waals surface area contributed by atoms with Gasteiger partial charge in [-0.05, 0) is 38.0 Å². The molecule has 0 aromatic heterocycles. The minimum Gasteiger partial charge on any atom is -0.396 e. The van der Waals surface area contributed by atoms with E-state index in [1.165, 1.54) is 12.1 Å². The van der Waals surface area contributed by atoms with E-state index in [1.54, 1.807) is 12.1 Å². The van der Waals surface area contributed by atoms with Crippen molar-refractivity contribution < 1.29 is 9.50 Å². The maximum Gasteiger partial charge on any atom is 0.123 e. The highest BCUT2D eigenvalue weighted by molar-refractivity contribution is 5.29. The van der Waals surface area contributed by atoms with Crippen LogP contribution in [0.1, 0.15) is 32.8 Å². The van der Waals surface area contributed by atoms with Crippen molar-refractivity contribution in [1.29, 1.82) is 0 Å². The van der Waals surface area contributed by atoms with E-state index >= 15 is 0 Å². The fraction of sp³-hybridized carbons (Fsp3) is 0.538. The molecule has 16 heavy (non-hydrogen) atoms. The van der Waals surface area contributed by atoms with Crippen LogP contribution in [0.2, 0.25) is 0 Å². The summed E-state index contributed by atoms with van der Waals surface area (Å²) < 4.78 is 12.9. The van der Waals surface area contributed by atoms with Crippen molar-refractivity contribution in [2.45, 2.75) is 38.1 Å². The lowest BCUT2D eigenvalue weighted by Crippen LogP contribution is -2.52. The molecule has 3 heteroatoms. The number of nitrogens with two attached hydrogens (primary N) is 1. The highest BCUT2D eigenvalue weighted by Gasteiger charge is 2.38. The minimum absolute atomic E-state index is 0.0640. The summed E-state index contributed by atoms with van der Waals surface area (Å²) in [6.07, 6.45) is 0.558. The predicted molar refractivity (Wildman–Crippen MR) is 63.7 cm³/mol. The van der Waals surface area contributed by atoms with E-state index in [0.717, 1.165) is 5.56 Å². The Balaban J connectivity index is 3.16. The Morgan fingerprint density at radius 1 is 1.19 bits per heavy atom. The highest BCUT2D eigenvalue weighted by atomic mass is 19.1. The molecule has 1 aromatic carbocycles. The first kappa shape index (κ1) is 13.1. The first-order valence-corrected chi connectivity index (χ1v) is 5.47. The SMILES string of the molecule is CC(C)(N)C(C)(CCO)c1ccc(F)cc1. The topological polar surface area (TPSA) is 46.2 Å². The van der Waals surface area contributed by atoms with Crippen LogP contribution in [-0.2, 0) is 5.41 Å². The molecule has 0 aliphatic carbocycles. The van der Waals surface area contributed by atoms with Crippen molar-refractivity contribution in [3.8, 4) is 0 Å². The molecule has 90 valence electrons. The van der Waals surface area contributed by atoms with E-state index in [1.807, 2.05) is 20.8 Å². The standard InChI is InChI=1S/C13H20FNO/c1-12(2,15)13(3,8-9-16)10-4-6-11(14)7-5-10/h4-7,16H,8-9,15H2,1-3H3. The molecule has 1 rings (SSSR count). The van der Waals surface area contributed by atoms with Gasteiger partial charge in [-0.2, -0.15) is 0 Å². The summed E-state index contributed by atoms with van der Waals surface area (Å²) in [5, 5.41) is 9.15. The van der Waals surface area contributed by atoms with Gasteiger partial charge in [-0.25, -0.2) is 4.39 Å². The molecule has 1 atom stereocenters. The summed E-state index contributed by atoms with van der Waals surface area (Å²) in [6, 6.07) is 6.33. The molecule has 0 radical (unpaired) electrons. The molecule has 0 spiro atoms. The van der Waals surface area contributed by atoms with E-state index in [4.69, 9.17) is 10.8 Å². The lowest BCUT2D eigenvalue weighted by molar-refractivity contribution is 0.190. The second kappa shape index (κ2) is 4.52. The maximum atomic E-state index is 12.9. The number of aliphatic hydroxyl groups is 1. The molecule has 0 aliphatic heterocycles. The van der Waals surface area contributed by atoms with Crippen LogP contribution >= 0.6 is 0 Å². The summed E-state index contributed by atoms with van der Waals surface area (Å²) in [5.74, 6) is -0.259. The lowest BCUT2D eigenvalue weighted by Gasteiger charge is -2.42. The summed E-state index contributed by atoms with van der Waals surface area (Å²) in [6.45, 7) is 5.91. The molecule has 3 N–H and O–H groups in total. The van der Waals surface area contributed by atoms with Gasteiger partial charge in [-0.1, -0.05) is 19.1 Å². The van der Waals surface area contributed by atoms with Crippen LogP contribution in [0.25, 0.3) is 0 Å². The first-order chi connectivity index (χ1) is 7.31. The second-order valence-corrected chi connectivity index (χ2v) is 5.03. The van der Waals surface area contributed by atoms with E-state index in [-0.39, 0.29) is 17.8 Å². The third-order valence-corrected chi connectivity index (χ3v) is 3.52. The third kappa shape index (κ3) is 2.42. The monoisotopic (exact) mass is 225 g/mol. The van der Waals surface area contributed by atoms with Gasteiger partial charge in [-0.3, -0.25) is 0 Å². The normalized spacial score (nSPS) is 15.9. The van der Waals surface area contributed by atoms with Crippen LogP contribution in [-0.4, -0.2) is 17.3 Å². The lowest BCUT2D eigenvalue weighted by atomic mass is 9.67. The number of benzene rings is 1. The zero-order chi connectivity index (χ0) is 12.4. The third-order valence-electron chi connectivity index (χ3n) is 3.52. The number of aliphatic hydroxyl groups excluding tert-OH is 1. The average Bonchev–Trinajstić information content (AvgIpc) is 2.17. The Labute approximate surface area is 96.3 Å². The van der Waals surface area contributed by atoms with Crippen molar-refractivity contribution in [2.24, 2.45) is 5.73 Å². The Morgan fingerprint density at radius 2 is 1.69 bits per heavy atom. The summed E-state index contributed by atoms with van der Waals surface area (Å²) in [7, 11) is 0. The average molecular weight is 225 g/mol. The molecule has 2 nitrogen and oxygen atoms in total. The van der Waals surface area contributed by atoms with Crippen LogP contribution < -0.4 is 5.73 Å². The molecule has 0 heterocycles. The van der Waals surface area contributed by atoms with Gasteiger partial charge in [0, 0.05) is 17.6 Å². The van der Waals surface area contributed by atoms with Gasteiger partial charge in [0.15, 0.2) is 0 Å². The summed E-state index contributed by atoms with van der Waals surface area (Å²) in [5.41, 5.74) is 6.28. The van der Waals surface area contributed by atoms with Crippen molar-refractivity contribution in [1.82, 2.24) is 0 Å². The Kier molecular flexibility index (Phi) is 3.71. The molecule has 0 saturated heterocycles. The van der Waals surface area contributed by atoms with E-state index in [9.17, 15) is 4.39 Å². The smallest absolute Gasteiger partial charge is 0.123 e. The highest BCUT2D eigenvalue weighted by Crippen LogP contribution is 2.36. The summed E-state index contributed by atoms with van der Waals surface area (Å²) >= 11 is 0. The zero-order valence-corrected chi connectivity index (χ0v) is 10.1. The van der Waals surface area contributed by atoms with Gasteiger partial charge in [0.2, 0.25) is 0 Å². The van der Waals surface area contributed by atoms with Gasteiger partial charge < -0.3 is 10.8 Å². The fourth-order valence-corrected chi connectivity index (χ4v) is 1.88. The van der Waals surface area contributed by atoms with E-state index in [0.29, 0.717) is 6.42 Å². The van der Waals surface area contributed by atoms with Gasteiger partial charge in [0.05, 0.1) is 0 Å². The Morgan fingerprint density at radius 3 is 2.06 bits per heavy atom. The zero-order valence-electron chi connectivity index (χ0n) is 10.1. The number of halogens is 1. The number of rotatable bonds is 4. The quantitative estimate of drug-likeness (QED) is 0.825. The molecule has 0 saturated carbocycles. The predicted octanol–water partition coefficient (Wildman–Crippen LogP) is 2.20. The van der Waals surface area contributed by atoms with Crippen LogP contribution in [0.5, 0.6) is 0 Å². The van der Waals surface area contributed by atoms with Crippen molar-refractivity contribution >= 4 is 0 Å². The van der Waals surface area contributed by atoms with Crippen molar-refractivity contribution in [3.63, 3.8) is 0 Å². The molecule has 1 aromatic rings. The minimum atomic E-state index is -0.479. The molecular formula is C13H20FNO. The molecule has 1 unspecified atom stereocenters. The van der Waals surface area contributed by atoms with Crippen LogP contribution in [0.15, 0.2) is 24.3 Å². The molecule has 0 fully saturated rings. The largest absolute Gasteiger partial charge is 0.396 e. The fourth-order valence-electron chi connectivity index (χ4n) is 1.88. The van der Waals surface area contributed by atoms with Crippen LogP contribution in [0, 0.1) is 5.82 Å². The van der Waals surface area contributed by atoms with Crippen molar-refractivity contribution in [2.75, 3.05) is 6.61 Å². The Hall–Kier alpha value is -0.930. The molecule has 0 aliphatic rings. The van der Waals surface area contributed by atoms with Crippen LogP contribution in [0.3, 0.4) is 0 Å². The van der Waals surface area contributed by atoms with Crippen molar-refractivity contribution in [3.05, 3.63) is 35.6 Å². The van der Waals surface area contributed by atoms with Gasteiger partial charge in [0.25, 0.3) is 0 Å². The molecule has 0 bridgehead atoms. The van der Waals surface area contributed by atoms with E-state index < -0.39 is 5.54 Å².